The van der Waals surface area contributed by atoms with Crippen LogP contribution in [0.15, 0.2) is 51.7 Å². The highest BCUT2D eigenvalue weighted by Crippen LogP contribution is 2.75. The standard InChI is InChI=1S/C35H50O2/c1-23(2)11-9-12-24(3)27-16-18-34(7)28(27)14-15-30-33(6)22-25(21-26-13-10-20-37-26)31(36)32(4,5)29(33)17-19-35(30,34)8/h10-13,20-21,27-30H,9,14-19,22H2,1-8H3/b24-12-,25-21-/t27-,28-,29+,30-,33+,34-,35-/m1/s1. The summed E-state index contributed by atoms with van der Waals surface area (Å²) in [6.45, 7) is 19.2. The van der Waals surface area contributed by atoms with E-state index in [1.807, 2.05) is 12.1 Å². The predicted octanol–water partition coefficient (Wildman–Crippen LogP) is 9.83. The number of hydrogen-bond donors (Lipinski definition) is 0. The topological polar surface area (TPSA) is 30.2 Å². The molecule has 37 heavy (non-hydrogen) atoms. The molecule has 0 bridgehead atoms. The van der Waals surface area contributed by atoms with E-state index in [2.05, 4.69) is 73.6 Å². The molecule has 0 spiro atoms. The molecule has 7 atom stereocenters. The molecule has 1 heterocycles. The Morgan fingerprint density at radius 2 is 1.68 bits per heavy atom. The van der Waals surface area contributed by atoms with Crippen LogP contribution in [0.3, 0.4) is 0 Å². The summed E-state index contributed by atoms with van der Waals surface area (Å²) in [6.07, 6.45) is 18.4. The first-order valence-electron chi connectivity index (χ1n) is 14.9. The van der Waals surface area contributed by atoms with Crippen molar-refractivity contribution in [1.29, 1.82) is 0 Å². The van der Waals surface area contributed by atoms with Crippen molar-refractivity contribution in [3.8, 4) is 0 Å². The van der Waals surface area contributed by atoms with Gasteiger partial charge in [-0.3, -0.25) is 4.79 Å². The maximum absolute atomic E-state index is 13.8. The van der Waals surface area contributed by atoms with Crippen LogP contribution in [-0.2, 0) is 4.79 Å². The molecule has 4 saturated carbocycles. The maximum Gasteiger partial charge on any atom is 0.164 e. The van der Waals surface area contributed by atoms with Crippen LogP contribution in [0.4, 0.5) is 0 Å². The molecule has 5 rings (SSSR count). The van der Waals surface area contributed by atoms with Crippen molar-refractivity contribution < 1.29 is 9.21 Å². The van der Waals surface area contributed by atoms with Gasteiger partial charge in [0.15, 0.2) is 5.78 Å². The van der Waals surface area contributed by atoms with Crippen LogP contribution in [0.5, 0.6) is 0 Å². The van der Waals surface area contributed by atoms with Crippen LogP contribution in [0, 0.1) is 45.3 Å². The number of carbonyl (C=O) groups is 1. The summed E-state index contributed by atoms with van der Waals surface area (Å²) in [6, 6.07) is 3.90. The van der Waals surface area contributed by atoms with E-state index in [-0.39, 0.29) is 10.8 Å². The molecule has 0 saturated heterocycles. The van der Waals surface area contributed by atoms with Gasteiger partial charge in [0, 0.05) is 5.41 Å². The minimum atomic E-state index is -0.326. The van der Waals surface area contributed by atoms with Crippen LogP contribution in [0.2, 0.25) is 0 Å². The molecule has 4 fully saturated rings. The maximum atomic E-state index is 13.8. The zero-order valence-electron chi connectivity index (χ0n) is 24.7. The molecule has 1 aromatic heterocycles. The second-order valence-corrected chi connectivity index (χ2v) is 14.7. The van der Waals surface area contributed by atoms with Gasteiger partial charge in [0.25, 0.3) is 0 Å². The normalized spacial score (nSPS) is 42.2. The Morgan fingerprint density at radius 3 is 2.35 bits per heavy atom. The van der Waals surface area contributed by atoms with Gasteiger partial charge in [-0.05, 0) is 136 Å². The number of ketones is 1. The zero-order valence-corrected chi connectivity index (χ0v) is 24.7. The lowest BCUT2D eigenvalue weighted by molar-refractivity contribution is -0.195. The summed E-state index contributed by atoms with van der Waals surface area (Å²) in [5.74, 6) is 3.77. The van der Waals surface area contributed by atoms with Crippen molar-refractivity contribution in [2.45, 2.75) is 107 Å². The average molecular weight is 503 g/mol. The van der Waals surface area contributed by atoms with Gasteiger partial charge in [-0.15, -0.1) is 0 Å². The third-order valence-corrected chi connectivity index (χ3v) is 12.4. The van der Waals surface area contributed by atoms with Gasteiger partial charge in [-0.2, -0.15) is 0 Å². The fourth-order valence-electron chi connectivity index (χ4n) is 10.4. The van der Waals surface area contributed by atoms with E-state index in [0.29, 0.717) is 28.4 Å². The number of furan rings is 1. The van der Waals surface area contributed by atoms with Crippen LogP contribution in [-0.4, -0.2) is 5.78 Å². The smallest absolute Gasteiger partial charge is 0.164 e. The molecule has 0 radical (unpaired) electrons. The SMILES string of the molecule is CC(C)=CC/C=C(/C)[C@H]1CC[C@]2(C)[C@@H]1CC[C@@H]1[C@@]3(C)C/C(=C/c4ccco4)C(=O)C(C)(C)[C@@H]3CC[C@]12C. The largest absolute Gasteiger partial charge is 0.465 e. The number of Topliss-reactive ketones (excluding diaryl/α,β-unsaturated/α-hetero) is 1. The molecule has 2 heteroatoms. The van der Waals surface area contributed by atoms with Gasteiger partial charge < -0.3 is 4.42 Å². The molecule has 4 aliphatic rings. The molecule has 2 nitrogen and oxygen atoms in total. The zero-order chi connectivity index (χ0) is 26.8. The molecule has 0 aliphatic heterocycles. The van der Waals surface area contributed by atoms with Gasteiger partial charge >= 0.3 is 0 Å². The molecule has 202 valence electrons. The lowest BCUT2D eigenvalue weighted by Crippen LogP contribution is -2.63. The Labute approximate surface area is 226 Å². The minimum Gasteiger partial charge on any atom is -0.465 e. The second kappa shape index (κ2) is 9.13. The second-order valence-electron chi connectivity index (χ2n) is 14.7. The lowest BCUT2D eigenvalue weighted by Gasteiger charge is -2.69. The molecule has 0 N–H and O–H groups in total. The number of allylic oxidation sites excluding steroid dienone is 5. The Balaban J connectivity index is 1.48. The Bertz CT molecular complexity index is 1130. The van der Waals surface area contributed by atoms with Crippen molar-refractivity contribution in [3.63, 3.8) is 0 Å². The van der Waals surface area contributed by atoms with Crippen LogP contribution in [0.25, 0.3) is 6.08 Å². The lowest BCUT2D eigenvalue weighted by atomic mass is 9.35. The van der Waals surface area contributed by atoms with Gasteiger partial charge in [0.2, 0.25) is 0 Å². The van der Waals surface area contributed by atoms with Gasteiger partial charge in [-0.1, -0.05) is 57.9 Å². The number of hydrogen-bond acceptors (Lipinski definition) is 2. The number of rotatable bonds is 4. The Hall–Kier alpha value is -1.83. The van der Waals surface area contributed by atoms with E-state index in [0.717, 1.165) is 36.0 Å². The summed E-state index contributed by atoms with van der Waals surface area (Å²) in [4.78, 5) is 13.8. The first-order valence-corrected chi connectivity index (χ1v) is 14.9. The fraction of sp³-hybridized carbons (Fsp3) is 0.686. The van der Waals surface area contributed by atoms with Crippen molar-refractivity contribution in [2.24, 2.45) is 45.3 Å². The van der Waals surface area contributed by atoms with Crippen molar-refractivity contribution in [2.75, 3.05) is 0 Å². The van der Waals surface area contributed by atoms with Crippen molar-refractivity contribution >= 4 is 11.9 Å². The quantitative estimate of drug-likeness (QED) is 0.303. The molecule has 0 aromatic carbocycles. The monoisotopic (exact) mass is 502 g/mol. The van der Waals surface area contributed by atoms with Crippen LogP contribution in [0.1, 0.15) is 113 Å². The predicted molar refractivity (Wildman–Crippen MR) is 154 cm³/mol. The van der Waals surface area contributed by atoms with E-state index < -0.39 is 0 Å². The fourth-order valence-corrected chi connectivity index (χ4v) is 10.4. The summed E-state index contributed by atoms with van der Waals surface area (Å²) >= 11 is 0. The van der Waals surface area contributed by atoms with Gasteiger partial charge in [-0.25, -0.2) is 0 Å². The minimum absolute atomic E-state index is 0.142. The highest BCUT2D eigenvalue weighted by atomic mass is 16.3. The highest BCUT2D eigenvalue weighted by Gasteiger charge is 2.69. The van der Waals surface area contributed by atoms with Gasteiger partial charge in [0.1, 0.15) is 5.76 Å². The highest BCUT2D eigenvalue weighted by molar-refractivity contribution is 6.04. The summed E-state index contributed by atoms with van der Waals surface area (Å²) < 4.78 is 5.66. The van der Waals surface area contributed by atoms with E-state index in [4.69, 9.17) is 4.42 Å². The van der Waals surface area contributed by atoms with E-state index in [1.54, 1.807) is 11.8 Å². The van der Waals surface area contributed by atoms with E-state index in [9.17, 15) is 4.79 Å². The molecular formula is C35H50O2. The van der Waals surface area contributed by atoms with Crippen LogP contribution >= 0.6 is 0 Å². The molecule has 0 unspecified atom stereocenters. The first-order chi connectivity index (χ1) is 17.3. The summed E-state index contributed by atoms with van der Waals surface area (Å²) in [5.41, 5.74) is 4.53. The van der Waals surface area contributed by atoms with Crippen molar-refractivity contribution in [3.05, 3.63) is 53.0 Å². The first kappa shape index (κ1) is 26.8. The van der Waals surface area contributed by atoms with Crippen LogP contribution < -0.4 is 0 Å². The number of carbonyl (C=O) groups excluding carboxylic acids is 1. The third-order valence-electron chi connectivity index (χ3n) is 12.4. The van der Waals surface area contributed by atoms with E-state index >= 15 is 0 Å². The molecule has 0 amide bonds. The average Bonchev–Trinajstić information content (AvgIpc) is 3.45. The summed E-state index contributed by atoms with van der Waals surface area (Å²) in [5, 5.41) is 0. The Morgan fingerprint density at radius 1 is 0.946 bits per heavy atom. The van der Waals surface area contributed by atoms with Crippen molar-refractivity contribution in [1.82, 2.24) is 0 Å². The van der Waals surface area contributed by atoms with Gasteiger partial charge in [0.05, 0.1) is 6.26 Å². The Kier molecular flexibility index (Phi) is 6.60. The van der Waals surface area contributed by atoms with E-state index in [1.165, 1.54) is 44.1 Å². The molecular weight excluding hydrogens is 452 g/mol. The molecule has 1 aromatic rings. The third kappa shape index (κ3) is 3.99. The summed E-state index contributed by atoms with van der Waals surface area (Å²) in [7, 11) is 0. The molecule has 4 aliphatic carbocycles. The number of fused-ring (bicyclic) bond motifs is 5.